The first-order valence-electron chi connectivity index (χ1n) is 7.93. The summed E-state index contributed by atoms with van der Waals surface area (Å²) in [5, 5.41) is 0. The van der Waals surface area contributed by atoms with Gasteiger partial charge < -0.3 is 0 Å². The summed E-state index contributed by atoms with van der Waals surface area (Å²) >= 11 is -2.24. The molecule has 0 aliphatic carbocycles. The standard InChI is InChI=1S/C16H16F3.3CH3.Sn/c1-3-5-6-13(4-2)7-8-14-9-11-15(12-10-14)16(17,18)19;;;;/h9-13H,2-3,5-6H2,1H3;3*1H3;. The first-order valence-corrected chi connectivity index (χ1v) is 17.9. The third kappa shape index (κ3) is 6.63. The third-order valence-corrected chi connectivity index (χ3v) is 10.3. The minimum absolute atomic E-state index is 0.160. The molecule has 0 saturated heterocycles. The molecule has 0 spiro atoms. The molecular formula is C19H25F3Sn. The summed E-state index contributed by atoms with van der Waals surface area (Å²) in [7, 11) is 0. The molecule has 0 saturated carbocycles. The van der Waals surface area contributed by atoms with E-state index in [1.807, 2.05) is 0 Å². The molecule has 1 aromatic carbocycles. The minimum atomic E-state index is -4.30. The molecule has 1 rings (SSSR count). The number of unbranched alkanes of at least 4 members (excludes halogenated alkanes) is 1. The van der Waals surface area contributed by atoms with Gasteiger partial charge in [0, 0.05) is 0 Å². The fraction of sp³-hybridized carbons (Fsp3) is 0.474. The van der Waals surface area contributed by atoms with Gasteiger partial charge in [-0.05, 0) is 0 Å². The quantitative estimate of drug-likeness (QED) is 0.381. The van der Waals surface area contributed by atoms with Crippen molar-refractivity contribution in [2.75, 3.05) is 0 Å². The van der Waals surface area contributed by atoms with Crippen molar-refractivity contribution < 1.29 is 13.2 Å². The van der Waals surface area contributed by atoms with Gasteiger partial charge in [0.2, 0.25) is 0 Å². The average Bonchev–Trinajstić information content (AvgIpc) is 2.45. The maximum atomic E-state index is 12.6. The van der Waals surface area contributed by atoms with Gasteiger partial charge in [-0.15, -0.1) is 0 Å². The van der Waals surface area contributed by atoms with Crippen molar-refractivity contribution in [3.8, 4) is 11.8 Å². The van der Waals surface area contributed by atoms with E-state index in [9.17, 15) is 13.2 Å². The van der Waals surface area contributed by atoms with E-state index in [0.29, 0.717) is 5.56 Å². The van der Waals surface area contributed by atoms with Crippen LogP contribution in [0.5, 0.6) is 0 Å². The number of benzene rings is 1. The summed E-state index contributed by atoms with van der Waals surface area (Å²) in [6.07, 6.45) is -1.12. The molecule has 0 N–H and O–H groups in total. The van der Waals surface area contributed by atoms with E-state index in [1.165, 1.54) is 15.7 Å². The summed E-state index contributed by atoms with van der Waals surface area (Å²) in [6, 6.07) is 5.05. The van der Waals surface area contributed by atoms with Crippen LogP contribution in [0, 0.1) is 17.8 Å². The molecule has 126 valence electrons. The molecule has 0 bridgehead atoms. The Hall–Kier alpha value is -0.891. The van der Waals surface area contributed by atoms with Gasteiger partial charge in [-0.1, -0.05) is 0 Å². The number of allylic oxidation sites excluding steroid dienone is 1. The van der Waals surface area contributed by atoms with Crippen molar-refractivity contribution >= 4 is 18.4 Å². The van der Waals surface area contributed by atoms with Crippen LogP contribution in [0.2, 0.25) is 14.8 Å². The average molecular weight is 429 g/mol. The summed E-state index contributed by atoms with van der Waals surface area (Å²) in [5.74, 6) is 6.46. The molecule has 1 atom stereocenters. The predicted octanol–water partition coefficient (Wildman–Crippen LogP) is 6.30. The van der Waals surface area contributed by atoms with Gasteiger partial charge in [0.25, 0.3) is 0 Å². The topological polar surface area (TPSA) is 0 Å². The molecule has 0 aromatic heterocycles. The van der Waals surface area contributed by atoms with Crippen LogP contribution in [-0.4, -0.2) is 18.4 Å². The normalized spacial score (nSPS) is 13.2. The summed E-state index contributed by atoms with van der Waals surface area (Å²) < 4.78 is 39.0. The zero-order valence-electron chi connectivity index (χ0n) is 14.3. The monoisotopic (exact) mass is 430 g/mol. The van der Waals surface area contributed by atoms with Crippen molar-refractivity contribution in [3.63, 3.8) is 0 Å². The predicted molar refractivity (Wildman–Crippen MR) is 93.8 cm³/mol. The molecule has 0 nitrogen and oxygen atoms in total. The van der Waals surface area contributed by atoms with E-state index in [2.05, 4.69) is 40.2 Å². The Morgan fingerprint density at radius 1 is 1.17 bits per heavy atom. The van der Waals surface area contributed by atoms with Gasteiger partial charge in [-0.25, -0.2) is 0 Å². The first kappa shape index (κ1) is 20.2. The van der Waals surface area contributed by atoms with Crippen LogP contribution in [0.3, 0.4) is 0 Å². The van der Waals surface area contributed by atoms with Crippen LogP contribution in [0.25, 0.3) is 0 Å². The Kier molecular flexibility index (Phi) is 7.25. The van der Waals surface area contributed by atoms with Crippen LogP contribution < -0.4 is 0 Å². The van der Waals surface area contributed by atoms with Crippen molar-refractivity contribution in [1.82, 2.24) is 0 Å². The van der Waals surface area contributed by atoms with Crippen LogP contribution >= 0.6 is 0 Å². The number of alkyl halides is 3. The molecule has 0 amide bonds. The zero-order valence-corrected chi connectivity index (χ0v) is 17.2. The van der Waals surface area contributed by atoms with Gasteiger partial charge in [0.15, 0.2) is 0 Å². The van der Waals surface area contributed by atoms with Gasteiger partial charge >= 0.3 is 142 Å². The first-order chi connectivity index (χ1) is 10.6. The molecule has 0 fully saturated rings. The fourth-order valence-corrected chi connectivity index (χ4v) is 5.78. The second-order valence-corrected chi connectivity index (χ2v) is 21.5. The van der Waals surface area contributed by atoms with Gasteiger partial charge in [-0.2, -0.15) is 0 Å². The Bertz CT molecular complexity index is 580. The Morgan fingerprint density at radius 2 is 1.74 bits per heavy atom. The summed E-state index contributed by atoms with van der Waals surface area (Å²) in [5.41, 5.74) is -0.0164. The van der Waals surface area contributed by atoms with Crippen LogP contribution in [-0.2, 0) is 6.18 Å². The summed E-state index contributed by atoms with van der Waals surface area (Å²) in [4.78, 5) is 6.95. The molecule has 1 aromatic rings. The number of rotatable bonds is 5. The molecular weight excluding hydrogens is 404 g/mol. The van der Waals surface area contributed by atoms with Crippen LogP contribution in [0.1, 0.15) is 37.3 Å². The second-order valence-electron chi connectivity index (χ2n) is 6.81. The molecule has 23 heavy (non-hydrogen) atoms. The molecule has 0 aliphatic heterocycles. The number of hydrogen-bond donors (Lipinski definition) is 0. The second kappa shape index (κ2) is 8.28. The molecule has 0 aliphatic rings. The Labute approximate surface area is 142 Å². The SMILES string of the molecule is C=[C](C(C#Cc1ccc(C(F)(F)F)cc1)CCCC)[Sn]([CH3])([CH3])[CH3]. The zero-order chi connectivity index (χ0) is 17.7. The molecule has 4 heteroatoms. The fourth-order valence-electron chi connectivity index (χ4n) is 2.18. The van der Waals surface area contributed by atoms with Crippen LogP contribution in [0.15, 0.2) is 34.4 Å². The van der Waals surface area contributed by atoms with Crippen molar-refractivity contribution in [2.45, 2.75) is 47.2 Å². The van der Waals surface area contributed by atoms with Gasteiger partial charge in [0.05, 0.1) is 0 Å². The van der Waals surface area contributed by atoms with Gasteiger partial charge in [-0.3, -0.25) is 0 Å². The summed E-state index contributed by atoms with van der Waals surface area (Å²) in [6.45, 7) is 6.42. The van der Waals surface area contributed by atoms with Crippen molar-refractivity contribution in [2.24, 2.45) is 5.92 Å². The van der Waals surface area contributed by atoms with E-state index >= 15 is 0 Å². The van der Waals surface area contributed by atoms with E-state index in [1.54, 1.807) is 0 Å². The number of halogens is 3. The Balaban J connectivity index is 2.96. The van der Waals surface area contributed by atoms with Crippen molar-refractivity contribution in [3.05, 3.63) is 45.6 Å². The van der Waals surface area contributed by atoms with E-state index < -0.39 is 30.1 Å². The molecule has 1 unspecified atom stereocenters. The van der Waals surface area contributed by atoms with Gasteiger partial charge in [0.1, 0.15) is 0 Å². The Morgan fingerprint density at radius 3 is 2.17 bits per heavy atom. The molecule has 0 radical (unpaired) electrons. The van der Waals surface area contributed by atoms with E-state index in [-0.39, 0.29) is 5.92 Å². The number of hydrogen-bond acceptors (Lipinski definition) is 0. The van der Waals surface area contributed by atoms with E-state index in [4.69, 9.17) is 0 Å². The van der Waals surface area contributed by atoms with E-state index in [0.717, 1.165) is 31.4 Å². The maximum absolute atomic E-state index is 12.6. The van der Waals surface area contributed by atoms with Crippen molar-refractivity contribution in [1.29, 1.82) is 0 Å². The van der Waals surface area contributed by atoms with Crippen LogP contribution in [0.4, 0.5) is 13.2 Å². The molecule has 0 heterocycles. The third-order valence-electron chi connectivity index (χ3n) is 3.83.